The van der Waals surface area contributed by atoms with E-state index in [1.165, 1.54) is 0 Å². The Balaban J connectivity index is 1.66. The van der Waals surface area contributed by atoms with Crippen LogP contribution in [0.25, 0.3) is 0 Å². The number of nitrogens with one attached hydrogen (secondary N) is 1. The van der Waals surface area contributed by atoms with Crippen LogP contribution in [0.1, 0.15) is 72.6 Å². The summed E-state index contributed by atoms with van der Waals surface area (Å²) in [5.41, 5.74) is 1.13. The lowest BCUT2D eigenvalue weighted by atomic mass is 9.81. The lowest BCUT2D eigenvalue weighted by Gasteiger charge is -2.30. The summed E-state index contributed by atoms with van der Waals surface area (Å²) < 4.78 is 29.9. The van der Waals surface area contributed by atoms with Gasteiger partial charge in [0.1, 0.15) is 5.75 Å². The smallest absolute Gasteiger partial charge is 0.155 e. The molecule has 160 valence electrons. The van der Waals surface area contributed by atoms with Crippen LogP contribution in [0.3, 0.4) is 0 Å². The van der Waals surface area contributed by atoms with Crippen molar-refractivity contribution in [3.05, 3.63) is 24.3 Å². The van der Waals surface area contributed by atoms with Gasteiger partial charge in [0, 0.05) is 12.2 Å². The zero-order valence-corrected chi connectivity index (χ0v) is 19.0. The van der Waals surface area contributed by atoms with Gasteiger partial charge < -0.3 is 10.1 Å². The van der Waals surface area contributed by atoms with Crippen LogP contribution in [-0.2, 0) is 9.84 Å². The molecule has 4 nitrogen and oxygen atoms in total. The van der Waals surface area contributed by atoms with Gasteiger partial charge in [0.25, 0.3) is 0 Å². The van der Waals surface area contributed by atoms with Gasteiger partial charge in [-0.25, -0.2) is 8.42 Å². The number of benzene rings is 1. The highest BCUT2D eigenvalue weighted by molar-refractivity contribution is 7.92. The second kappa shape index (κ2) is 10.5. The van der Waals surface area contributed by atoms with Gasteiger partial charge in [-0.3, -0.25) is 0 Å². The normalized spacial score (nSPS) is 20.7. The number of hydrogen-bond donors (Lipinski definition) is 1. The van der Waals surface area contributed by atoms with Crippen molar-refractivity contribution < 1.29 is 13.2 Å². The molecule has 1 N–H and O–H groups in total. The lowest BCUT2D eigenvalue weighted by molar-refractivity contribution is 0.282. The summed E-state index contributed by atoms with van der Waals surface area (Å²) in [6.07, 6.45) is 7.77. The van der Waals surface area contributed by atoms with E-state index in [0.717, 1.165) is 69.5 Å². The molecule has 0 aromatic heterocycles. The summed E-state index contributed by atoms with van der Waals surface area (Å²) in [6.45, 7) is 9.34. The van der Waals surface area contributed by atoms with Gasteiger partial charge in [0.15, 0.2) is 9.84 Å². The van der Waals surface area contributed by atoms with Crippen LogP contribution < -0.4 is 10.1 Å². The van der Waals surface area contributed by atoms with E-state index in [0.29, 0.717) is 17.6 Å². The molecule has 1 aliphatic carbocycles. The van der Waals surface area contributed by atoms with Crippen molar-refractivity contribution in [2.24, 2.45) is 11.8 Å². The first-order chi connectivity index (χ1) is 13.2. The fourth-order valence-electron chi connectivity index (χ4n) is 3.67. The van der Waals surface area contributed by atoms with E-state index in [2.05, 4.69) is 24.4 Å². The molecule has 1 aliphatic rings. The SMILES string of the molecule is CCCCOc1ccc(NCCC2CCC(CS(=O)(=O)C(C)(C)C)CC2)cc1. The standard InChI is InChI=1S/C23H39NO3S/c1-5-6-17-27-22-13-11-21(12-14-22)24-16-15-19-7-9-20(10-8-19)18-28(25,26)23(2,3)4/h11-14,19-20,24H,5-10,15-18H2,1-4H3. The Bertz CT molecular complexity index is 669. The van der Waals surface area contributed by atoms with E-state index in [9.17, 15) is 8.42 Å². The predicted molar refractivity (Wildman–Crippen MR) is 119 cm³/mol. The summed E-state index contributed by atoms with van der Waals surface area (Å²) in [4.78, 5) is 0. The van der Waals surface area contributed by atoms with E-state index >= 15 is 0 Å². The number of unbranched alkanes of at least 4 members (excludes halogenated alkanes) is 1. The molecule has 0 spiro atoms. The van der Waals surface area contributed by atoms with E-state index in [1.807, 2.05) is 32.9 Å². The predicted octanol–water partition coefficient (Wildman–Crippen LogP) is 5.69. The van der Waals surface area contributed by atoms with Gasteiger partial charge in [-0.1, -0.05) is 26.2 Å². The molecular formula is C23H39NO3S. The summed E-state index contributed by atoms with van der Waals surface area (Å²) in [5, 5.41) is 3.50. The first-order valence-electron chi connectivity index (χ1n) is 10.9. The molecule has 1 fully saturated rings. The minimum atomic E-state index is -3.00. The zero-order valence-electron chi connectivity index (χ0n) is 18.2. The van der Waals surface area contributed by atoms with Crippen LogP contribution in [0.4, 0.5) is 5.69 Å². The Hall–Kier alpha value is -1.23. The van der Waals surface area contributed by atoms with Crippen molar-refractivity contribution in [3.63, 3.8) is 0 Å². The van der Waals surface area contributed by atoms with Crippen molar-refractivity contribution in [2.75, 3.05) is 24.2 Å². The third kappa shape index (κ3) is 7.31. The van der Waals surface area contributed by atoms with Crippen molar-refractivity contribution in [2.45, 2.75) is 77.4 Å². The summed E-state index contributed by atoms with van der Waals surface area (Å²) in [7, 11) is -3.00. The Kier molecular flexibility index (Phi) is 8.66. The summed E-state index contributed by atoms with van der Waals surface area (Å²) in [6, 6.07) is 8.21. The number of sulfone groups is 1. The highest BCUT2D eigenvalue weighted by Crippen LogP contribution is 2.33. The van der Waals surface area contributed by atoms with Crippen LogP contribution in [-0.4, -0.2) is 32.1 Å². The van der Waals surface area contributed by atoms with Gasteiger partial charge in [0.05, 0.1) is 17.1 Å². The number of anilines is 1. The highest BCUT2D eigenvalue weighted by atomic mass is 32.2. The highest BCUT2D eigenvalue weighted by Gasteiger charge is 2.33. The minimum Gasteiger partial charge on any atom is -0.494 e. The third-order valence-electron chi connectivity index (χ3n) is 5.86. The molecule has 2 rings (SSSR count). The quantitative estimate of drug-likeness (QED) is 0.505. The van der Waals surface area contributed by atoms with Crippen LogP contribution in [0, 0.1) is 11.8 Å². The first-order valence-corrected chi connectivity index (χ1v) is 12.6. The Morgan fingerprint density at radius 3 is 2.21 bits per heavy atom. The zero-order chi connectivity index (χ0) is 20.6. The van der Waals surface area contributed by atoms with Crippen LogP contribution in [0.5, 0.6) is 5.75 Å². The number of rotatable bonds is 10. The molecular weight excluding hydrogens is 370 g/mol. The maximum atomic E-state index is 12.4. The largest absolute Gasteiger partial charge is 0.494 e. The van der Waals surface area contributed by atoms with Crippen molar-refractivity contribution in [1.82, 2.24) is 0 Å². The maximum absolute atomic E-state index is 12.4. The molecule has 0 atom stereocenters. The molecule has 0 bridgehead atoms. The van der Waals surface area contributed by atoms with Crippen molar-refractivity contribution in [3.8, 4) is 5.75 Å². The molecule has 0 radical (unpaired) electrons. The topological polar surface area (TPSA) is 55.4 Å². The van der Waals surface area contributed by atoms with Crippen LogP contribution >= 0.6 is 0 Å². The maximum Gasteiger partial charge on any atom is 0.155 e. The Morgan fingerprint density at radius 2 is 1.64 bits per heavy atom. The van der Waals surface area contributed by atoms with E-state index < -0.39 is 14.6 Å². The first kappa shape index (κ1) is 23.1. The van der Waals surface area contributed by atoms with Crippen molar-refractivity contribution in [1.29, 1.82) is 0 Å². The molecule has 0 saturated heterocycles. The molecule has 1 saturated carbocycles. The Labute approximate surface area is 172 Å². The van der Waals surface area contributed by atoms with Gasteiger partial charge in [-0.2, -0.15) is 0 Å². The van der Waals surface area contributed by atoms with E-state index in [4.69, 9.17) is 4.74 Å². The molecule has 0 aliphatic heterocycles. The van der Waals surface area contributed by atoms with Gasteiger partial charge in [-0.05, 0) is 82.6 Å². The second-order valence-corrected chi connectivity index (χ2v) is 12.0. The molecule has 0 heterocycles. The fraction of sp³-hybridized carbons (Fsp3) is 0.739. The van der Waals surface area contributed by atoms with Gasteiger partial charge in [-0.15, -0.1) is 0 Å². The Morgan fingerprint density at radius 1 is 1.04 bits per heavy atom. The van der Waals surface area contributed by atoms with Crippen molar-refractivity contribution >= 4 is 15.5 Å². The molecule has 0 unspecified atom stereocenters. The molecule has 0 amide bonds. The average molecular weight is 410 g/mol. The van der Waals surface area contributed by atoms with E-state index in [1.54, 1.807) is 0 Å². The molecule has 5 heteroatoms. The lowest BCUT2D eigenvalue weighted by Crippen LogP contribution is -2.34. The van der Waals surface area contributed by atoms with E-state index in [-0.39, 0.29) is 0 Å². The summed E-state index contributed by atoms with van der Waals surface area (Å²) >= 11 is 0. The molecule has 28 heavy (non-hydrogen) atoms. The average Bonchev–Trinajstić information content (AvgIpc) is 2.63. The van der Waals surface area contributed by atoms with Crippen LogP contribution in [0.15, 0.2) is 24.3 Å². The fourth-order valence-corrected chi connectivity index (χ4v) is 5.13. The number of ether oxygens (including phenoxy) is 1. The van der Waals surface area contributed by atoms with Gasteiger partial charge in [0.2, 0.25) is 0 Å². The second-order valence-electron chi connectivity index (χ2n) is 9.22. The van der Waals surface area contributed by atoms with Crippen LogP contribution in [0.2, 0.25) is 0 Å². The molecule has 1 aromatic rings. The third-order valence-corrected chi connectivity index (χ3v) is 8.63. The van der Waals surface area contributed by atoms with Gasteiger partial charge >= 0.3 is 0 Å². The summed E-state index contributed by atoms with van der Waals surface area (Å²) in [5.74, 6) is 2.34. The minimum absolute atomic E-state index is 0.341. The number of hydrogen-bond acceptors (Lipinski definition) is 4. The monoisotopic (exact) mass is 409 g/mol. The molecule has 1 aromatic carbocycles.